The maximum absolute atomic E-state index is 2.49. The van der Waals surface area contributed by atoms with Crippen LogP contribution in [0.4, 0.5) is 17.1 Å². The summed E-state index contributed by atoms with van der Waals surface area (Å²) in [4.78, 5) is 2.38. The standard InChI is InChI=1S/C51H37NS/c1-51(2)44-21-13-12-20-42(44)49-45(51)33-47-50(48(49)38-16-8-4-9-17-38)43-31-30-41(32-46(43)53-47)52(39-18-10-5-11-19-39)40-28-26-37(27-29-40)36-24-22-35(23-25-36)34-14-6-3-7-15-34/h3-33H,1-2H3. The molecule has 0 aliphatic heterocycles. The molecule has 0 bridgehead atoms. The van der Waals surface area contributed by atoms with Crippen LogP contribution < -0.4 is 4.90 Å². The molecule has 2 heteroatoms. The minimum Gasteiger partial charge on any atom is -0.310 e. The Morgan fingerprint density at radius 2 is 0.906 bits per heavy atom. The van der Waals surface area contributed by atoms with Crippen LogP contribution in [0, 0.1) is 0 Å². The van der Waals surface area contributed by atoms with Crippen molar-refractivity contribution in [3.05, 3.63) is 199 Å². The van der Waals surface area contributed by atoms with E-state index in [1.807, 2.05) is 11.3 Å². The Labute approximate surface area is 315 Å². The van der Waals surface area contributed by atoms with Crippen LogP contribution in [0.25, 0.3) is 64.7 Å². The fraction of sp³-hybridized carbons (Fsp3) is 0.0588. The fourth-order valence-corrected chi connectivity index (χ4v) is 9.62. The molecule has 1 heterocycles. The quantitative estimate of drug-likeness (QED) is 0.167. The molecular weight excluding hydrogens is 659 g/mol. The predicted molar refractivity (Wildman–Crippen MR) is 228 cm³/mol. The van der Waals surface area contributed by atoms with Gasteiger partial charge in [0.2, 0.25) is 0 Å². The maximum atomic E-state index is 2.49. The van der Waals surface area contributed by atoms with E-state index >= 15 is 0 Å². The summed E-state index contributed by atoms with van der Waals surface area (Å²) >= 11 is 1.91. The molecule has 1 aliphatic rings. The van der Waals surface area contributed by atoms with E-state index in [-0.39, 0.29) is 5.41 Å². The summed E-state index contributed by atoms with van der Waals surface area (Å²) in [6, 6.07) is 68.7. The number of para-hydroxylation sites is 1. The first kappa shape index (κ1) is 31.5. The molecule has 0 fully saturated rings. The van der Waals surface area contributed by atoms with Crippen molar-refractivity contribution in [1.82, 2.24) is 0 Å². The van der Waals surface area contributed by atoms with Crippen molar-refractivity contribution >= 4 is 48.6 Å². The Balaban J connectivity index is 1.10. The van der Waals surface area contributed by atoms with Crippen molar-refractivity contribution < 1.29 is 0 Å². The number of benzene rings is 8. The van der Waals surface area contributed by atoms with E-state index in [1.165, 1.54) is 75.8 Å². The molecule has 0 N–H and O–H groups in total. The molecule has 0 spiro atoms. The van der Waals surface area contributed by atoms with E-state index in [9.17, 15) is 0 Å². The molecular formula is C51H37NS. The lowest BCUT2D eigenvalue weighted by molar-refractivity contribution is 0.661. The van der Waals surface area contributed by atoms with Gasteiger partial charge in [0, 0.05) is 42.6 Å². The number of fused-ring (bicyclic) bond motifs is 6. The second kappa shape index (κ2) is 12.5. The minimum absolute atomic E-state index is 0.0782. The predicted octanol–water partition coefficient (Wildman–Crippen LogP) is 14.8. The number of hydrogen-bond donors (Lipinski definition) is 0. The van der Waals surface area contributed by atoms with E-state index in [4.69, 9.17) is 0 Å². The largest absolute Gasteiger partial charge is 0.310 e. The van der Waals surface area contributed by atoms with Gasteiger partial charge in [0.05, 0.1) is 0 Å². The Hall–Kier alpha value is -6.22. The molecule has 252 valence electrons. The molecule has 9 aromatic rings. The SMILES string of the molecule is CC1(C)c2ccccc2-c2c1cc1sc3cc(N(c4ccccc4)c4ccc(-c5ccc(-c6ccccc6)cc5)cc4)ccc3c1c2-c1ccccc1. The summed E-state index contributed by atoms with van der Waals surface area (Å²) in [5, 5.41) is 2.66. The number of thiophene rings is 1. The molecule has 0 unspecified atom stereocenters. The second-order valence-electron chi connectivity index (χ2n) is 14.5. The molecule has 10 rings (SSSR count). The number of nitrogens with zero attached hydrogens (tertiary/aromatic N) is 1. The smallest absolute Gasteiger partial charge is 0.0476 e. The fourth-order valence-electron chi connectivity index (χ4n) is 8.44. The van der Waals surface area contributed by atoms with Crippen LogP contribution in [0.5, 0.6) is 0 Å². The molecule has 0 saturated heterocycles. The normalized spacial score (nSPS) is 12.9. The van der Waals surface area contributed by atoms with Crippen LogP contribution in [-0.4, -0.2) is 0 Å². The van der Waals surface area contributed by atoms with Gasteiger partial charge in [-0.25, -0.2) is 0 Å². The summed E-state index contributed by atoms with van der Waals surface area (Å²) in [6.45, 7) is 4.76. The van der Waals surface area contributed by atoms with Crippen molar-refractivity contribution in [2.75, 3.05) is 4.90 Å². The highest BCUT2D eigenvalue weighted by Crippen LogP contribution is 2.56. The molecule has 1 nitrogen and oxygen atoms in total. The Kier molecular flexibility index (Phi) is 7.42. The maximum Gasteiger partial charge on any atom is 0.0476 e. The van der Waals surface area contributed by atoms with Crippen LogP contribution >= 0.6 is 11.3 Å². The zero-order valence-corrected chi connectivity index (χ0v) is 30.6. The van der Waals surface area contributed by atoms with Gasteiger partial charge in [0.25, 0.3) is 0 Å². The summed E-state index contributed by atoms with van der Waals surface area (Å²) in [7, 11) is 0. The van der Waals surface area contributed by atoms with Gasteiger partial charge in [0.15, 0.2) is 0 Å². The third kappa shape index (κ3) is 5.21. The van der Waals surface area contributed by atoms with Gasteiger partial charge in [-0.1, -0.05) is 159 Å². The van der Waals surface area contributed by atoms with Gasteiger partial charge in [-0.3, -0.25) is 0 Å². The Bertz CT molecular complexity index is 2760. The zero-order chi connectivity index (χ0) is 35.5. The topological polar surface area (TPSA) is 3.24 Å². The van der Waals surface area contributed by atoms with E-state index in [0.29, 0.717) is 0 Å². The lowest BCUT2D eigenvalue weighted by Crippen LogP contribution is -2.14. The molecule has 1 aliphatic carbocycles. The van der Waals surface area contributed by atoms with Gasteiger partial charge >= 0.3 is 0 Å². The third-order valence-electron chi connectivity index (χ3n) is 11.1. The summed E-state index contributed by atoms with van der Waals surface area (Å²) in [5.41, 5.74) is 16.4. The highest BCUT2D eigenvalue weighted by atomic mass is 32.1. The average Bonchev–Trinajstić information content (AvgIpc) is 3.69. The highest BCUT2D eigenvalue weighted by Gasteiger charge is 2.38. The second-order valence-corrected chi connectivity index (χ2v) is 15.6. The van der Waals surface area contributed by atoms with Gasteiger partial charge in [-0.15, -0.1) is 11.3 Å². The van der Waals surface area contributed by atoms with Crippen LogP contribution in [0.1, 0.15) is 25.0 Å². The first-order valence-electron chi connectivity index (χ1n) is 18.3. The molecule has 1 aromatic heterocycles. The molecule has 8 aromatic carbocycles. The van der Waals surface area contributed by atoms with Crippen molar-refractivity contribution in [2.45, 2.75) is 19.3 Å². The first-order chi connectivity index (χ1) is 26.0. The van der Waals surface area contributed by atoms with Crippen molar-refractivity contribution in [1.29, 1.82) is 0 Å². The van der Waals surface area contributed by atoms with Crippen LogP contribution in [0.15, 0.2) is 188 Å². The summed E-state index contributed by atoms with van der Waals surface area (Å²) < 4.78 is 2.63. The lowest BCUT2D eigenvalue weighted by Gasteiger charge is -2.25. The van der Waals surface area contributed by atoms with E-state index < -0.39 is 0 Å². The van der Waals surface area contributed by atoms with E-state index in [0.717, 1.165) is 17.1 Å². The molecule has 0 radical (unpaired) electrons. The highest BCUT2D eigenvalue weighted by molar-refractivity contribution is 7.26. The molecule has 0 saturated carbocycles. The third-order valence-corrected chi connectivity index (χ3v) is 12.2. The molecule has 53 heavy (non-hydrogen) atoms. The zero-order valence-electron chi connectivity index (χ0n) is 29.8. The molecule has 0 atom stereocenters. The van der Waals surface area contributed by atoms with E-state index in [1.54, 1.807) is 0 Å². The number of anilines is 3. The van der Waals surface area contributed by atoms with Gasteiger partial charge < -0.3 is 4.90 Å². The van der Waals surface area contributed by atoms with Crippen LogP contribution in [0.3, 0.4) is 0 Å². The Morgan fingerprint density at radius 1 is 0.396 bits per heavy atom. The lowest BCUT2D eigenvalue weighted by atomic mass is 9.81. The minimum atomic E-state index is -0.0782. The van der Waals surface area contributed by atoms with Gasteiger partial charge in [0.1, 0.15) is 0 Å². The van der Waals surface area contributed by atoms with E-state index in [2.05, 4.69) is 207 Å². The summed E-state index contributed by atoms with van der Waals surface area (Å²) in [5.74, 6) is 0. The molecule has 0 amide bonds. The van der Waals surface area contributed by atoms with Crippen molar-refractivity contribution in [2.24, 2.45) is 0 Å². The van der Waals surface area contributed by atoms with Crippen LogP contribution in [-0.2, 0) is 5.41 Å². The van der Waals surface area contributed by atoms with Crippen molar-refractivity contribution in [3.8, 4) is 44.5 Å². The van der Waals surface area contributed by atoms with Crippen molar-refractivity contribution in [3.63, 3.8) is 0 Å². The Morgan fingerprint density at radius 3 is 1.57 bits per heavy atom. The average molecular weight is 696 g/mol. The van der Waals surface area contributed by atoms with Gasteiger partial charge in [-0.05, 0) is 98.1 Å². The number of hydrogen-bond acceptors (Lipinski definition) is 2. The van der Waals surface area contributed by atoms with Gasteiger partial charge in [-0.2, -0.15) is 0 Å². The first-order valence-corrected chi connectivity index (χ1v) is 19.2. The number of rotatable bonds is 6. The van der Waals surface area contributed by atoms with Crippen LogP contribution in [0.2, 0.25) is 0 Å². The monoisotopic (exact) mass is 695 g/mol. The summed E-state index contributed by atoms with van der Waals surface area (Å²) in [6.07, 6.45) is 0.